The van der Waals surface area contributed by atoms with Crippen LogP contribution in [0.5, 0.6) is 0 Å². The van der Waals surface area contributed by atoms with Gasteiger partial charge < -0.3 is 23.2 Å². The Labute approximate surface area is 278 Å². The summed E-state index contributed by atoms with van der Waals surface area (Å²) >= 11 is 0. The van der Waals surface area contributed by atoms with Crippen LogP contribution in [0.2, 0.25) is 0 Å². The van der Waals surface area contributed by atoms with Crippen molar-refractivity contribution in [1.29, 1.82) is 0 Å². The van der Waals surface area contributed by atoms with Gasteiger partial charge in [-0.05, 0) is 56.4 Å². The number of nitro groups is 1. The highest BCUT2D eigenvalue weighted by atomic mass is 16.8. The number of hydrogen-bond acceptors (Lipinski definition) is 7. The molecule has 1 fully saturated rings. The van der Waals surface area contributed by atoms with Gasteiger partial charge in [0.05, 0.1) is 38.0 Å². The van der Waals surface area contributed by atoms with Gasteiger partial charge in [-0.3, -0.25) is 14.9 Å². The van der Waals surface area contributed by atoms with Gasteiger partial charge >= 0.3 is 12.1 Å². The number of quaternary nitrogens is 2. The number of carbonyl (C=O) groups is 2. The molecule has 0 aromatic heterocycles. The number of nitrogens with zero attached hydrogens (tertiary/aromatic N) is 3. The monoisotopic (exact) mass is 647 g/mol. The predicted octanol–water partition coefficient (Wildman–Crippen LogP) is 6.99. The predicted molar refractivity (Wildman–Crippen MR) is 179 cm³/mol. The molecule has 1 unspecified atom stereocenters. The largest absolute Gasteiger partial charge is 0.511 e. The highest BCUT2D eigenvalue weighted by Gasteiger charge is 2.30. The van der Waals surface area contributed by atoms with Crippen LogP contribution < -0.4 is 0 Å². The lowest BCUT2D eigenvalue weighted by Gasteiger charge is -2.42. The molecule has 10 nitrogen and oxygen atoms in total. The number of nitro benzene ring substituents is 1. The molecule has 0 bridgehead atoms. The first-order chi connectivity index (χ1) is 22.5. The SMILES string of the molecule is Cc1ccc(C[N+]2(CCCC(=O)OCOC(=O)OCC[N+](C)(Cc3ccccc3)Cc3ccc([N+](=O)[O-])cc3)CCCCC2)cc1C. The van der Waals surface area contributed by atoms with Crippen LogP contribution in [0.25, 0.3) is 0 Å². The summed E-state index contributed by atoms with van der Waals surface area (Å²) in [5.74, 6) is -0.394. The number of rotatable bonds is 16. The third-order valence-electron chi connectivity index (χ3n) is 9.23. The van der Waals surface area contributed by atoms with E-state index in [0.29, 0.717) is 30.5 Å². The Balaban J connectivity index is 1.20. The fourth-order valence-electron chi connectivity index (χ4n) is 6.50. The van der Waals surface area contributed by atoms with Crippen LogP contribution in [-0.2, 0) is 38.6 Å². The van der Waals surface area contributed by atoms with Crippen LogP contribution in [0.1, 0.15) is 59.9 Å². The highest BCUT2D eigenvalue weighted by molar-refractivity contribution is 5.69. The van der Waals surface area contributed by atoms with Crippen LogP contribution >= 0.6 is 0 Å². The molecule has 0 N–H and O–H groups in total. The number of non-ortho nitro benzene ring substituents is 1. The van der Waals surface area contributed by atoms with Crippen molar-refractivity contribution < 1.29 is 37.7 Å². The number of ether oxygens (including phenoxy) is 3. The van der Waals surface area contributed by atoms with E-state index in [1.807, 2.05) is 37.4 Å². The molecule has 3 aromatic carbocycles. The van der Waals surface area contributed by atoms with E-state index in [4.69, 9.17) is 14.2 Å². The molecule has 10 heteroatoms. The van der Waals surface area contributed by atoms with Gasteiger partial charge in [0.2, 0.25) is 6.79 Å². The van der Waals surface area contributed by atoms with Crippen molar-refractivity contribution in [2.24, 2.45) is 0 Å². The first-order valence-electron chi connectivity index (χ1n) is 16.5. The van der Waals surface area contributed by atoms with Crippen molar-refractivity contribution >= 4 is 17.8 Å². The van der Waals surface area contributed by atoms with Gasteiger partial charge in [0, 0.05) is 35.2 Å². The van der Waals surface area contributed by atoms with Crippen LogP contribution in [0.3, 0.4) is 0 Å². The number of likely N-dealkylation sites (tertiary alicyclic amines) is 1. The van der Waals surface area contributed by atoms with Gasteiger partial charge in [-0.1, -0.05) is 48.5 Å². The third kappa shape index (κ3) is 11.5. The number of esters is 1. The molecule has 252 valence electrons. The summed E-state index contributed by atoms with van der Waals surface area (Å²) in [7, 11) is 2.04. The van der Waals surface area contributed by atoms with Crippen molar-refractivity contribution in [2.75, 3.05) is 46.6 Å². The smallest absolute Gasteiger partial charge is 0.428 e. The molecule has 0 aliphatic carbocycles. The second-order valence-electron chi connectivity index (χ2n) is 13.2. The van der Waals surface area contributed by atoms with E-state index < -0.39 is 23.8 Å². The molecular weight excluding hydrogens is 598 g/mol. The number of likely N-dealkylation sites (N-methyl/N-ethyl adjacent to an activating group) is 1. The quantitative estimate of drug-likeness (QED) is 0.0542. The zero-order valence-corrected chi connectivity index (χ0v) is 28.0. The Kier molecular flexibility index (Phi) is 12.9. The van der Waals surface area contributed by atoms with Crippen molar-refractivity contribution in [2.45, 2.75) is 65.6 Å². The average Bonchev–Trinajstić information content (AvgIpc) is 3.04. The molecule has 1 aliphatic rings. The highest BCUT2D eigenvalue weighted by Crippen LogP contribution is 2.25. The molecule has 1 heterocycles. The van der Waals surface area contributed by atoms with E-state index in [0.717, 1.165) is 41.8 Å². The van der Waals surface area contributed by atoms with E-state index in [9.17, 15) is 19.7 Å². The minimum Gasteiger partial charge on any atom is -0.428 e. The lowest BCUT2D eigenvalue weighted by Crippen LogP contribution is -2.51. The summed E-state index contributed by atoms with van der Waals surface area (Å²) in [6.07, 6.45) is 3.74. The zero-order chi connectivity index (χ0) is 33.7. The fourth-order valence-corrected chi connectivity index (χ4v) is 6.50. The maximum atomic E-state index is 12.5. The summed E-state index contributed by atoms with van der Waals surface area (Å²) in [6.45, 7) is 9.72. The maximum absolute atomic E-state index is 12.5. The molecule has 1 aliphatic heterocycles. The van der Waals surface area contributed by atoms with E-state index in [1.165, 1.54) is 48.1 Å². The number of carbonyl (C=O) groups excluding carboxylic acids is 2. The number of aryl methyl sites for hydroxylation is 2. The summed E-state index contributed by atoms with van der Waals surface area (Å²) < 4.78 is 17.0. The minimum atomic E-state index is -0.898. The van der Waals surface area contributed by atoms with Gasteiger partial charge in [0.15, 0.2) is 0 Å². The molecule has 1 atom stereocenters. The topological polar surface area (TPSA) is 105 Å². The van der Waals surface area contributed by atoms with Crippen molar-refractivity contribution in [3.05, 3.63) is 111 Å². The number of hydrogen-bond donors (Lipinski definition) is 0. The van der Waals surface area contributed by atoms with Crippen LogP contribution in [0.15, 0.2) is 72.8 Å². The zero-order valence-electron chi connectivity index (χ0n) is 28.0. The summed E-state index contributed by atoms with van der Waals surface area (Å²) in [4.78, 5) is 35.4. The number of benzene rings is 3. The molecule has 3 aromatic rings. The first-order valence-corrected chi connectivity index (χ1v) is 16.5. The molecule has 0 radical (unpaired) electrons. The molecule has 47 heavy (non-hydrogen) atoms. The first kappa shape index (κ1) is 35.6. The third-order valence-corrected chi connectivity index (χ3v) is 9.23. The minimum absolute atomic E-state index is 0.0401. The Bertz CT molecular complexity index is 1470. The molecule has 0 saturated carbocycles. The van der Waals surface area contributed by atoms with Crippen LogP contribution in [0, 0.1) is 24.0 Å². The molecule has 4 rings (SSSR count). The normalized spacial score (nSPS) is 15.3. The number of piperidine rings is 1. The summed E-state index contributed by atoms with van der Waals surface area (Å²) in [5, 5.41) is 11.1. The second-order valence-corrected chi connectivity index (χ2v) is 13.2. The molecule has 0 spiro atoms. The Morgan fingerprint density at radius 2 is 1.49 bits per heavy atom. The lowest BCUT2D eigenvalue weighted by molar-refractivity contribution is -0.945. The summed E-state index contributed by atoms with van der Waals surface area (Å²) in [5.41, 5.74) is 6.04. The van der Waals surface area contributed by atoms with Gasteiger partial charge in [0.1, 0.15) is 32.8 Å². The maximum Gasteiger partial charge on any atom is 0.511 e. The van der Waals surface area contributed by atoms with Gasteiger partial charge in [-0.25, -0.2) is 4.79 Å². The molecule has 0 amide bonds. The van der Waals surface area contributed by atoms with E-state index in [-0.39, 0.29) is 18.7 Å². The van der Waals surface area contributed by atoms with E-state index in [2.05, 4.69) is 32.0 Å². The second kappa shape index (κ2) is 17.0. The van der Waals surface area contributed by atoms with Crippen molar-refractivity contribution in [3.8, 4) is 0 Å². The molecule has 1 saturated heterocycles. The molecular formula is C37H49N3O7+2. The average molecular weight is 648 g/mol. The van der Waals surface area contributed by atoms with Gasteiger partial charge in [-0.15, -0.1) is 0 Å². The van der Waals surface area contributed by atoms with E-state index >= 15 is 0 Å². The Morgan fingerprint density at radius 1 is 0.830 bits per heavy atom. The lowest BCUT2D eigenvalue weighted by atomic mass is 10.0. The van der Waals surface area contributed by atoms with Crippen molar-refractivity contribution in [1.82, 2.24) is 0 Å². The van der Waals surface area contributed by atoms with E-state index in [1.54, 1.807) is 12.1 Å². The fraction of sp³-hybridized carbons (Fsp3) is 0.459. The Hall–Kier alpha value is -4.28. The Morgan fingerprint density at radius 3 is 2.15 bits per heavy atom. The van der Waals surface area contributed by atoms with Crippen LogP contribution in [-0.4, -0.2) is 72.6 Å². The standard InChI is InChI=1S/C37H49N3O7/c1-30-14-15-34(25-31(30)2)28-40(20-8-5-9-21-40)22-10-13-36(41)46-29-47-37(42)45-24-23-39(3,26-32-11-6-4-7-12-32)27-33-16-18-35(19-17-33)38(43)44/h4,6-7,11-12,14-19,25H,5,8-10,13,20-24,26-29H2,1-3H3/q+2. The van der Waals surface area contributed by atoms with Crippen molar-refractivity contribution in [3.63, 3.8) is 0 Å². The van der Waals surface area contributed by atoms with Gasteiger partial charge in [0.25, 0.3) is 5.69 Å². The van der Waals surface area contributed by atoms with Crippen LogP contribution in [0.4, 0.5) is 10.5 Å². The van der Waals surface area contributed by atoms with Gasteiger partial charge in [-0.2, -0.15) is 0 Å². The summed E-state index contributed by atoms with van der Waals surface area (Å²) in [6, 6.07) is 23.2.